The van der Waals surface area contributed by atoms with Crippen LogP contribution in [0.1, 0.15) is 62.5 Å². The quantitative estimate of drug-likeness (QED) is 0.0189. The molecular weight excluding hydrogens is 859 g/mol. The highest BCUT2D eigenvalue weighted by Crippen LogP contribution is 2.44. The van der Waals surface area contributed by atoms with Gasteiger partial charge in [-0.15, -0.1) is 0 Å². The number of hydrogen-bond donors (Lipinski definition) is 10. The van der Waals surface area contributed by atoms with E-state index in [2.05, 4.69) is 31.3 Å². The Balaban J connectivity index is 1.75. The third-order valence-corrected chi connectivity index (χ3v) is 8.59. The normalized spacial score (nSPS) is 11.2. The zero-order chi connectivity index (χ0) is 47.1. The van der Waals surface area contributed by atoms with Gasteiger partial charge in [0.15, 0.2) is 11.9 Å². The summed E-state index contributed by atoms with van der Waals surface area (Å²) in [5.74, 6) is -1.43. The molecule has 18 nitrogen and oxygen atoms in total. The van der Waals surface area contributed by atoms with E-state index in [4.69, 9.17) is 53.3 Å². The van der Waals surface area contributed by atoms with Crippen molar-refractivity contribution in [1.29, 1.82) is 0 Å². The van der Waals surface area contributed by atoms with Gasteiger partial charge in [-0.1, -0.05) is 0 Å². The SMILES string of the molecule is NCCCCOc1cc(OCCCCN=C(N)N)c(C(F)(F)F)cc1NC(=O)Nc1ccc(NC(=O)Nc2cc(C(F)(F)F)c(OCCCCN=C(N)N)cc2OCCCCN)cc1. The summed E-state index contributed by atoms with van der Waals surface area (Å²) in [7, 11) is 0. The summed E-state index contributed by atoms with van der Waals surface area (Å²) in [6, 6.07) is 7.07. The van der Waals surface area contributed by atoms with Gasteiger partial charge >= 0.3 is 24.4 Å². The van der Waals surface area contributed by atoms with Crippen LogP contribution in [0.3, 0.4) is 0 Å². The highest BCUT2D eigenvalue weighted by molar-refractivity contribution is 6.02. The van der Waals surface area contributed by atoms with E-state index < -0.39 is 47.0 Å². The van der Waals surface area contributed by atoms with Crippen molar-refractivity contribution in [2.24, 2.45) is 44.4 Å². The van der Waals surface area contributed by atoms with Gasteiger partial charge in [0.25, 0.3) is 0 Å². The average molecular weight is 915 g/mol. The molecule has 4 amide bonds. The molecule has 0 heterocycles. The van der Waals surface area contributed by atoms with Crippen molar-refractivity contribution in [3.63, 3.8) is 0 Å². The lowest BCUT2D eigenvalue weighted by atomic mass is 10.1. The Morgan fingerprint density at radius 2 is 0.812 bits per heavy atom. The third kappa shape index (κ3) is 18.8. The Hall–Kier alpha value is -6.56. The maximum absolute atomic E-state index is 14.2. The number of amides is 4. The molecule has 0 aliphatic heterocycles. The molecule has 0 saturated heterocycles. The lowest BCUT2D eigenvalue weighted by Crippen LogP contribution is -2.23. The van der Waals surface area contributed by atoms with Crippen LogP contribution in [0.25, 0.3) is 0 Å². The van der Waals surface area contributed by atoms with Crippen molar-refractivity contribution in [2.45, 2.75) is 63.7 Å². The van der Waals surface area contributed by atoms with Gasteiger partial charge in [0.1, 0.15) is 23.0 Å². The molecule has 0 spiro atoms. The van der Waals surface area contributed by atoms with Gasteiger partial charge in [0.05, 0.1) is 48.9 Å². The Morgan fingerprint density at radius 3 is 1.12 bits per heavy atom. The van der Waals surface area contributed by atoms with Crippen LogP contribution in [0.2, 0.25) is 0 Å². The zero-order valence-corrected chi connectivity index (χ0v) is 35.0. The third-order valence-electron chi connectivity index (χ3n) is 8.59. The summed E-state index contributed by atoms with van der Waals surface area (Å²) < 4.78 is 108. The van der Waals surface area contributed by atoms with Crippen molar-refractivity contribution < 1.29 is 54.9 Å². The Morgan fingerprint density at radius 1 is 0.484 bits per heavy atom. The molecule has 0 atom stereocenters. The minimum Gasteiger partial charge on any atom is -0.493 e. The van der Waals surface area contributed by atoms with Crippen molar-refractivity contribution in [2.75, 3.05) is 73.9 Å². The van der Waals surface area contributed by atoms with Gasteiger partial charge in [-0.2, -0.15) is 26.3 Å². The maximum atomic E-state index is 14.2. The molecule has 0 fully saturated rings. The number of rotatable bonds is 26. The first-order valence-corrected chi connectivity index (χ1v) is 20.2. The lowest BCUT2D eigenvalue weighted by molar-refractivity contribution is -0.139. The second-order valence-electron chi connectivity index (χ2n) is 13.8. The number of nitrogens with two attached hydrogens (primary N) is 6. The monoisotopic (exact) mass is 914 g/mol. The number of aliphatic imine (C=N–C) groups is 2. The number of urea groups is 2. The topological polar surface area (TPSA) is 300 Å². The largest absolute Gasteiger partial charge is 0.493 e. The summed E-state index contributed by atoms with van der Waals surface area (Å²) in [6.07, 6.45) is -6.06. The number of nitrogens with zero attached hydrogens (tertiary/aromatic N) is 2. The molecule has 0 aliphatic carbocycles. The molecule has 16 N–H and O–H groups in total. The Bertz CT molecular complexity index is 1850. The molecule has 3 aromatic carbocycles. The van der Waals surface area contributed by atoms with Crippen molar-refractivity contribution in [3.8, 4) is 23.0 Å². The molecular formula is C40H56F6N12O6. The van der Waals surface area contributed by atoms with Crippen molar-refractivity contribution >= 4 is 46.7 Å². The van der Waals surface area contributed by atoms with E-state index >= 15 is 0 Å². The van der Waals surface area contributed by atoms with Crippen LogP contribution >= 0.6 is 0 Å². The molecule has 0 bridgehead atoms. The van der Waals surface area contributed by atoms with Gasteiger partial charge in [-0.05, 0) is 101 Å². The minimum absolute atomic E-state index is 0.0782. The summed E-state index contributed by atoms with van der Waals surface area (Å²) in [6.45, 7) is 1.23. The van der Waals surface area contributed by atoms with E-state index in [1.807, 2.05) is 0 Å². The van der Waals surface area contributed by atoms with Crippen LogP contribution in [0.5, 0.6) is 23.0 Å². The van der Waals surface area contributed by atoms with Crippen molar-refractivity contribution in [1.82, 2.24) is 0 Å². The van der Waals surface area contributed by atoms with E-state index in [1.54, 1.807) is 0 Å². The van der Waals surface area contributed by atoms with Crippen LogP contribution in [0.4, 0.5) is 58.7 Å². The molecule has 0 radical (unpaired) electrons. The first-order valence-electron chi connectivity index (χ1n) is 20.2. The second-order valence-corrected chi connectivity index (χ2v) is 13.8. The molecule has 64 heavy (non-hydrogen) atoms. The second kappa shape index (κ2) is 26.2. The van der Waals surface area contributed by atoms with Gasteiger partial charge in [-0.25, -0.2) is 9.59 Å². The molecule has 0 aromatic heterocycles. The Labute approximate surface area is 365 Å². The van der Waals surface area contributed by atoms with E-state index in [0.717, 1.165) is 12.1 Å². The summed E-state index contributed by atoms with van der Waals surface area (Å²) in [5, 5.41) is 9.75. The molecule has 0 aliphatic rings. The highest BCUT2D eigenvalue weighted by Gasteiger charge is 2.37. The number of guanidine groups is 2. The summed E-state index contributed by atoms with van der Waals surface area (Å²) in [4.78, 5) is 33.8. The predicted molar refractivity (Wildman–Crippen MR) is 233 cm³/mol. The molecule has 0 saturated carbocycles. The molecule has 24 heteroatoms. The highest BCUT2D eigenvalue weighted by atomic mass is 19.4. The van der Waals surface area contributed by atoms with E-state index in [-0.39, 0.29) is 85.7 Å². The molecule has 3 rings (SSSR count). The smallest absolute Gasteiger partial charge is 0.420 e. The number of hydrogen-bond acceptors (Lipinski definition) is 10. The van der Waals surface area contributed by atoms with E-state index in [9.17, 15) is 35.9 Å². The Kier molecular flexibility index (Phi) is 21.2. The summed E-state index contributed by atoms with van der Waals surface area (Å²) >= 11 is 0. The number of unbranched alkanes of at least 4 members (excludes halogenated alkanes) is 4. The van der Waals surface area contributed by atoms with Gasteiger partial charge < -0.3 is 74.6 Å². The number of benzene rings is 3. The molecule has 354 valence electrons. The van der Waals surface area contributed by atoms with Crippen molar-refractivity contribution in [3.05, 3.63) is 59.7 Å². The van der Waals surface area contributed by atoms with Crippen LogP contribution in [-0.2, 0) is 12.4 Å². The first kappa shape index (κ1) is 51.8. The van der Waals surface area contributed by atoms with Crippen LogP contribution in [0.15, 0.2) is 58.5 Å². The first-order chi connectivity index (χ1) is 30.4. The average Bonchev–Trinajstić information content (AvgIpc) is 3.21. The summed E-state index contributed by atoms with van der Waals surface area (Å²) in [5.41, 5.74) is 29.7. The maximum Gasteiger partial charge on any atom is 0.420 e. The number of carbonyl (C=O) groups is 2. The van der Waals surface area contributed by atoms with Crippen LogP contribution in [0, 0.1) is 0 Å². The zero-order valence-electron chi connectivity index (χ0n) is 35.0. The number of carbonyl (C=O) groups excluding carboxylic acids is 2. The van der Waals surface area contributed by atoms with Gasteiger partial charge in [0.2, 0.25) is 0 Å². The van der Waals surface area contributed by atoms with Gasteiger partial charge in [-0.3, -0.25) is 9.98 Å². The fourth-order valence-electron chi connectivity index (χ4n) is 5.51. The standard InChI is InChI=1S/C40H56F6N12O6/c41-39(42,43)27-21-29(33(63-17-5-1-13-47)23-31(27)61-19-7-3-15-53-35(49)50)57-37(59)55-25-9-11-26(12-10-25)56-38(60)58-30-22-28(40(44,45)46)32(24-34(30)64-18-6-2-14-48)62-20-8-4-16-54-36(51)52/h9-12,21-24H,1-8,13-20,47-48H2,(H4,49,50,53)(H4,51,52,54)(H2,55,57,59)(H2,56,58,60). The lowest BCUT2D eigenvalue weighted by Gasteiger charge is -2.20. The van der Waals surface area contributed by atoms with Crippen LogP contribution in [-0.4, -0.2) is 76.6 Å². The molecule has 0 unspecified atom stereocenters. The number of anilines is 4. The molecule has 3 aromatic rings. The number of halogens is 6. The van der Waals surface area contributed by atoms with Gasteiger partial charge in [0, 0.05) is 36.6 Å². The van der Waals surface area contributed by atoms with Crippen LogP contribution < -0.4 is 74.6 Å². The fourth-order valence-corrected chi connectivity index (χ4v) is 5.51. The minimum atomic E-state index is -4.87. The van der Waals surface area contributed by atoms with E-state index in [1.165, 1.54) is 24.3 Å². The number of ether oxygens (including phenoxy) is 4. The van der Waals surface area contributed by atoms with E-state index in [0.29, 0.717) is 76.6 Å². The number of nitrogens with one attached hydrogen (secondary N) is 4. The number of alkyl halides is 6. The predicted octanol–water partition coefficient (Wildman–Crippen LogP) is 6.11. The fraction of sp³-hybridized carbons (Fsp3) is 0.450.